The molecule has 0 aromatic heterocycles. The van der Waals surface area contributed by atoms with Crippen molar-refractivity contribution in [3.05, 3.63) is 12.7 Å². The van der Waals surface area contributed by atoms with E-state index in [-0.39, 0.29) is 23.9 Å². The predicted octanol–water partition coefficient (Wildman–Crippen LogP) is 1.15. The maximum Gasteiger partial charge on any atom is 0.237 e. The van der Waals surface area contributed by atoms with Crippen LogP contribution in [0.2, 0.25) is 0 Å². The second kappa shape index (κ2) is 7.07. The molecule has 5 nitrogen and oxygen atoms in total. The highest BCUT2D eigenvalue weighted by Crippen LogP contribution is 2.31. The van der Waals surface area contributed by atoms with Crippen molar-refractivity contribution < 1.29 is 9.59 Å². The summed E-state index contributed by atoms with van der Waals surface area (Å²) in [6.45, 7) is 9.54. The van der Waals surface area contributed by atoms with Crippen molar-refractivity contribution in [2.24, 2.45) is 0 Å². The molecule has 0 aliphatic carbocycles. The van der Waals surface area contributed by atoms with Gasteiger partial charge < -0.3 is 10.2 Å². The SMILES string of the molecule is C=CCNC(=O)[C@H](C)N1CCC[C@H]1[C@H]1CCCN1C(C)=O. The Kier molecular flexibility index (Phi) is 5.39. The third-order valence-corrected chi connectivity index (χ3v) is 4.79. The first-order valence-corrected chi connectivity index (χ1v) is 7.97. The van der Waals surface area contributed by atoms with E-state index in [9.17, 15) is 9.59 Å². The topological polar surface area (TPSA) is 52.7 Å². The second-order valence-corrected chi connectivity index (χ2v) is 6.08. The number of carbonyl (C=O) groups excluding carboxylic acids is 2. The minimum atomic E-state index is -0.146. The first kappa shape index (κ1) is 16.0. The van der Waals surface area contributed by atoms with Crippen molar-refractivity contribution in [3.8, 4) is 0 Å². The van der Waals surface area contributed by atoms with Gasteiger partial charge in [-0.1, -0.05) is 6.08 Å². The molecular weight excluding hydrogens is 266 g/mol. The van der Waals surface area contributed by atoms with Crippen LogP contribution < -0.4 is 5.32 Å². The molecule has 2 rings (SSSR count). The molecule has 0 saturated carbocycles. The van der Waals surface area contributed by atoms with Crippen LogP contribution in [-0.4, -0.2) is 59.4 Å². The van der Waals surface area contributed by atoms with Crippen molar-refractivity contribution in [1.29, 1.82) is 0 Å². The van der Waals surface area contributed by atoms with Gasteiger partial charge in [0.25, 0.3) is 0 Å². The lowest BCUT2D eigenvalue weighted by Gasteiger charge is -2.37. The highest BCUT2D eigenvalue weighted by atomic mass is 16.2. The van der Waals surface area contributed by atoms with E-state index in [0.29, 0.717) is 12.6 Å². The fourth-order valence-electron chi connectivity index (χ4n) is 3.76. The smallest absolute Gasteiger partial charge is 0.237 e. The number of nitrogens with zero attached hydrogens (tertiary/aromatic N) is 2. The molecule has 3 atom stereocenters. The van der Waals surface area contributed by atoms with Gasteiger partial charge in [0.15, 0.2) is 0 Å². The molecule has 0 bridgehead atoms. The minimum Gasteiger partial charge on any atom is -0.351 e. The van der Waals surface area contributed by atoms with Gasteiger partial charge in [-0.25, -0.2) is 0 Å². The summed E-state index contributed by atoms with van der Waals surface area (Å²) in [5.41, 5.74) is 0. The largest absolute Gasteiger partial charge is 0.351 e. The van der Waals surface area contributed by atoms with Crippen molar-refractivity contribution in [2.45, 2.75) is 57.7 Å². The Morgan fingerprint density at radius 3 is 2.62 bits per heavy atom. The summed E-state index contributed by atoms with van der Waals surface area (Å²) in [6, 6.07) is 0.451. The molecule has 0 unspecified atom stereocenters. The zero-order valence-electron chi connectivity index (χ0n) is 13.2. The van der Waals surface area contributed by atoms with Gasteiger partial charge in [0.1, 0.15) is 0 Å². The number of rotatable bonds is 5. The van der Waals surface area contributed by atoms with E-state index in [1.807, 2.05) is 11.8 Å². The molecule has 2 aliphatic rings. The monoisotopic (exact) mass is 293 g/mol. The van der Waals surface area contributed by atoms with Crippen LogP contribution in [0.25, 0.3) is 0 Å². The Hall–Kier alpha value is -1.36. The van der Waals surface area contributed by atoms with Crippen LogP contribution in [0.4, 0.5) is 0 Å². The van der Waals surface area contributed by atoms with Crippen molar-refractivity contribution in [3.63, 3.8) is 0 Å². The van der Waals surface area contributed by atoms with E-state index in [2.05, 4.69) is 16.8 Å². The lowest BCUT2D eigenvalue weighted by Crippen LogP contribution is -2.54. The van der Waals surface area contributed by atoms with Crippen LogP contribution in [0.1, 0.15) is 39.5 Å². The Morgan fingerprint density at radius 1 is 1.29 bits per heavy atom. The van der Waals surface area contributed by atoms with Gasteiger partial charge >= 0.3 is 0 Å². The molecule has 0 aromatic carbocycles. The molecule has 2 fully saturated rings. The highest BCUT2D eigenvalue weighted by molar-refractivity contribution is 5.81. The van der Waals surface area contributed by atoms with Gasteiger partial charge in [0.2, 0.25) is 11.8 Å². The molecule has 0 spiro atoms. The number of carbonyl (C=O) groups is 2. The van der Waals surface area contributed by atoms with Crippen LogP contribution in [-0.2, 0) is 9.59 Å². The average Bonchev–Trinajstić information content (AvgIpc) is 3.10. The average molecular weight is 293 g/mol. The molecule has 2 heterocycles. The van der Waals surface area contributed by atoms with Crippen molar-refractivity contribution in [2.75, 3.05) is 19.6 Å². The highest BCUT2D eigenvalue weighted by Gasteiger charge is 2.41. The number of hydrogen-bond donors (Lipinski definition) is 1. The van der Waals surface area contributed by atoms with E-state index in [0.717, 1.165) is 38.8 Å². The Bertz CT molecular complexity index is 410. The first-order chi connectivity index (χ1) is 10.1. The van der Waals surface area contributed by atoms with Crippen LogP contribution in [0, 0.1) is 0 Å². The van der Waals surface area contributed by atoms with Gasteiger partial charge in [-0.05, 0) is 39.2 Å². The zero-order valence-corrected chi connectivity index (χ0v) is 13.2. The second-order valence-electron chi connectivity index (χ2n) is 6.08. The van der Waals surface area contributed by atoms with E-state index < -0.39 is 0 Å². The summed E-state index contributed by atoms with van der Waals surface area (Å²) in [6.07, 6.45) is 6.01. The molecule has 2 saturated heterocycles. The molecule has 2 amide bonds. The molecule has 0 radical (unpaired) electrons. The molecule has 0 aromatic rings. The zero-order chi connectivity index (χ0) is 15.4. The minimum absolute atomic E-state index is 0.0502. The van der Waals surface area contributed by atoms with Crippen LogP contribution >= 0.6 is 0 Å². The number of amides is 2. The quantitative estimate of drug-likeness (QED) is 0.774. The van der Waals surface area contributed by atoms with Gasteiger partial charge in [0, 0.05) is 32.1 Å². The van der Waals surface area contributed by atoms with Crippen LogP contribution in [0.5, 0.6) is 0 Å². The third kappa shape index (κ3) is 3.46. The summed E-state index contributed by atoms with van der Waals surface area (Å²) >= 11 is 0. The number of likely N-dealkylation sites (tertiary alicyclic amines) is 2. The molecule has 2 aliphatic heterocycles. The molecule has 118 valence electrons. The number of hydrogen-bond acceptors (Lipinski definition) is 3. The normalized spacial score (nSPS) is 27.6. The molecule has 21 heavy (non-hydrogen) atoms. The molecule has 1 N–H and O–H groups in total. The number of nitrogens with one attached hydrogen (secondary N) is 1. The maximum absolute atomic E-state index is 12.2. The van der Waals surface area contributed by atoms with E-state index in [1.165, 1.54) is 0 Å². The molecular formula is C16H27N3O2. The van der Waals surface area contributed by atoms with Gasteiger partial charge in [-0.3, -0.25) is 14.5 Å². The standard InChI is InChI=1S/C16H27N3O2/c1-4-9-17-16(21)12(2)18-10-5-7-14(18)15-8-6-11-19(15)13(3)20/h4,12,14-15H,1,5-11H2,2-3H3,(H,17,21)/t12-,14-,15+/m0/s1. The van der Waals surface area contributed by atoms with Crippen molar-refractivity contribution in [1.82, 2.24) is 15.1 Å². The Morgan fingerprint density at radius 2 is 1.95 bits per heavy atom. The fourth-order valence-corrected chi connectivity index (χ4v) is 3.76. The van der Waals surface area contributed by atoms with Crippen LogP contribution in [0.3, 0.4) is 0 Å². The lowest BCUT2D eigenvalue weighted by molar-refractivity contribution is -0.131. The third-order valence-electron chi connectivity index (χ3n) is 4.79. The fraction of sp³-hybridized carbons (Fsp3) is 0.750. The lowest BCUT2D eigenvalue weighted by atomic mass is 10.0. The van der Waals surface area contributed by atoms with E-state index in [1.54, 1.807) is 13.0 Å². The predicted molar refractivity (Wildman–Crippen MR) is 82.8 cm³/mol. The van der Waals surface area contributed by atoms with E-state index >= 15 is 0 Å². The molecule has 5 heteroatoms. The van der Waals surface area contributed by atoms with Crippen LogP contribution in [0.15, 0.2) is 12.7 Å². The Balaban J connectivity index is 2.04. The van der Waals surface area contributed by atoms with E-state index in [4.69, 9.17) is 0 Å². The summed E-state index contributed by atoms with van der Waals surface area (Å²) in [5, 5.41) is 2.87. The van der Waals surface area contributed by atoms with Gasteiger partial charge in [-0.15, -0.1) is 6.58 Å². The van der Waals surface area contributed by atoms with Gasteiger partial charge in [0.05, 0.1) is 6.04 Å². The van der Waals surface area contributed by atoms with Gasteiger partial charge in [-0.2, -0.15) is 0 Å². The Labute approximate surface area is 127 Å². The van der Waals surface area contributed by atoms with Crippen molar-refractivity contribution >= 4 is 11.8 Å². The maximum atomic E-state index is 12.2. The summed E-state index contributed by atoms with van der Waals surface area (Å²) in [4.78, 5) is 28.2. The first-order valence-electron chi connectivity index (χ1n) is 7.97. The summed E-state index contributed by atoms with van der Waals surface area (Å²) in [5.74, 6) is 0.210. The summed E-state index contributed by atoms with van der Waals surface area (Å²) < 4.78 is 0. The summed E-state index contributed by atoms with van der Waals surface area (Å²) in [7, 11) is 0.